The number of rotatable bonds is 6. The number of hydrogen-bond donors (Lipinski definition) is 0. The minimum absolute atomic E-state index is 0.112. The molecule has 1 unspecified atom stereocenters. The predicted molar refractivity (Wildman–Crippen MR) is 153 cm³/mol. The molecule has 2 aromatic heterocycles. The van der Waals surface area contributed by atoms with Crippen molar-refractivity contribution >= 4 is 34.6 Å². The number of carbonyl (C=O) groups excluding carboxylic acids is 2. The number of benzene rings is 2. The van der Waals surface area contributed by atoms with Gasteiger partial charge in [-0.25, -0.2) is 9.69 Å². The summed E-state index contributed by atoms with van der Waals surface area (Å²) < 4.78 is 9.64. The Kier molecular flexibility index (Phi) is 6.70. The van der Waals surface area contributed by atoms with Gasteiger partial charge in [0.2, 0.25) is 11.9 Å². The first-order valence-corrected chi connectivity index (χ1v) is 13.5. The molecule has 2 fully saturated rings. The fourth-order valence-electron chi connectivity index (χ4n) is 5.75. The van der Waals surface area contributed by atoms with Crippen molar-refractivity contribution in [2.75, 3.05) is 43.1 Å². The number of anilines is 2. The smallest absolute Gasteiger partial charge is 0.332 e. The molecule has 2 amide bonds. The number of hydrogen-bond acceptors (Lipinski definition) is 8. The molecule has 1 atom stereocenters. The van der Waals surface area contributed by atoms with Crippen LogP contribution in [0.2, 0.25) is 0 Å². The van der Waals surface area contributed by atoms with E-state index in [0.29, 0.717) is 61.3 Å². The highest BCUT2D eigenvalue weighted by atomic mass is 16.5. The SMILES string of the molecule is COc1cccc(N2C(=O)CC(N3CCN(c4nc5c(c(=O)n(C)c(=O)n5C)n4Cc4ccccc4)CC3)C2=O)c1. The van der Waals surface area contributed by atoms with Crippen LogP contribution in [0.25, 0.3) is 11.2 Å². The van der Waals surface area contributed by atoms with E-state index in [2.05, 4.69) is 4.90 Å². The van der Waals surface area contributed by atoms with Crippen molar-refractivity contribution < 1.29 is 14.3 Å². The van der Waals surface area contributed by atoms with Gasteiger partial charge in [0.1, 0.15) is 5.75 Å². The Bertz CT molecular complexity index is 1770. The van der Waals surface area contributed by atoms with Crippen LogP contribution in [0.1, 0.15) is 12.0 Å². The lowest BCUT2D eigenvalue weighted by molar-refractivity contribution is -0.123. The van der Waals surface area contributed by atoms with E-state index in [1.807, 2.05) is 39.8 Å². The number of carbonyl (C=O) groups is 2. The molecule has 2 aromatic carbocycles. The van der Waals surface area contributed by atoms with E-state index < -0.39 is 17.3 Å². The number of nitrogens with zero attached hydrogens (tertiary/aromatic N) is 7. The maximum Gasteiger partial charge on any atom is 0.332 e. The topological polar surface area (TPSA) is 115 Å². The summed E-state index contributed by atoms with van der Waals surface area (Å²) in [7, 11) is 4.63. The molecule has 0 spiro atoms. The van der Waals surface area contributed by atoms with Crippen LogP contribution in [-0.2, 0) is 30.2 Å². The van der Waals surface area contributed by atoms with Gasteiger partial charge in [-0.2, -0.15) is 4.98 Å². The summed E-state index contributed by atoms with van der Waals surface area (Å²) in [5.74, 6) is 0.683. The zero-order valence-corrected chi connectivity index (χ0v) is 23.2. The Hall–Kier alpha value is -4.71. The van der Waals surface area contributed by atoms with Crippen molar-refractivity contribution in [3.8, 4) is 5.75 Å². The van der Waals surface area contributed by atoms with Crippen LogP contribution in [0.5, 0.6) is 5.75 Å². The summed E-state index contributed by atoms with van der Waals surface area (Å²) in [5.41, 5.74) is 1.35. The van der Waals surface area contributed by atoms with Crippen molar-refractivity contribution in [3.63, 3.8) is 0 Å². The molecular weight excluding hydrogens is 526 g/mol. The molecule has 0 aliphatic carbocycles. The third-order valence-corrected chi connectivity index (χ3v) is 7.98. The van der Waals surface area contributed by atoms with Gasteiger partial charge in [-0.05, 0) is 17.7 Å². The third-order valence-electron chi connectivity index (χ3n) is 7.98. The maximum absolute atomic E-state index is 13.4. The van der Waals surface area contributed by atoms with Crippen molar-refractivity contribution in [3.05, 3.63) is 81.0 Å². The molecule has 2 aliphatic heterocycles. The molecule has 4 heterocycles. The van der Waals surface area contributed by atoms with E-state index in [-0.39, 0.29) is 18.2 Å². The number of imidazole rings is 1. The fourth-order valence-corrected chi connectivity index (χ4v) is 5.75. The van der Waals surface area contributed by atoms with Gasteiger partial charge in [0.15, 0.2) is 11.2 Å². The lowest BCUT2D eigenvalue weighted by Gasteiger charge is -2.37. The second-order valence-electron chi connectivity index (χ2n) is 10.4. The number of amides is 2. The number of aryl methyl sites for hydroxylation is 1. The normalized spacial score (nSPS) is 18.1. The minimum atomic E-state index is -0.549. The first-order valence-electron chi connectivity index (χ1n) is 13.5. The van der Waals surface area contributed by atoms with Gasteiger partial charge in [-0.1, -0.05) is 36.4 Å². The molecule has 41 heavy (non-hydrogen) atoms. The fraction of sp³-hybridized carbons (Fsp3) is 0.345. The standard InChI is InChI=1S/C29H31N7O5/c1-31-25-24(27(39)32(2)29(31)40)35(18-19-8-5-4-6-9-19)28(30-25)34-14-12-33(13-15-34)22-17-23(37)36(26(22)38)20-10-7-11-21(16-20)41-3/h4-11,16,22H,12-15,17-18H2,1-3H3. The Balaban J connectivity index is 1.28. The second kappa shape index (κ2) is 10.4. The van der Waals surface area contributed by atoms with Crippen LogP contribution in [0.15, 0.2) is 64.2 Å². The summed E-state index contributed by atoms with van der Waals surface area (Å²) in [4.78, 5) is 62.4. The first-order chi connectivity index (χ1) is 19.8. The van der Waals surface area contributed by atoms with Gasteiger partial charge in [0.05, 0.1) is 31.8 Å². The maximum atomic E-state index is 13.4. The van der Waals surface area contributed by atoms with Crippen molar-refractivity contribution in [2.45, 2.75) is 19.0 Å². The number of methoxy groups -OCH3 is 1. The lowest BCUT2D eigenvalue weighted by Crippen LogP contribution is -2.53. The van der Waals surface area contributed by atoms with E-state index in [1.54, 1.807) is 38.4 Å². The summed E-state index contributed by atoms with van der Waals surface area (Å²) in [6.45, 7) is 2.53. The number of piperazine rings is 1. The zero-order valence-electron chi connectivity index (χ0n) is 23.2. The Labute approximate surface area is 235 Å². The van der Waals surface area contributed by atoms with Crippen molar-refractivity contribution in [1.29, 1.82) is 0 Å². The molecule has 2 saturated heterocycles. The van der Waals surface area contributed by atoms with Crippen LogP contribution in [-0.4, -0.2) is 74.7 Å². The number of fused-ring (bicyclic) bond motifs is 1. The molecule has 0 saturated carbocycles. The van der Waals surface area contributed by atoms with Gasteiger partial charge in [0, 0.05) is 46.3 Å². The van der Waals surface area contributed by atoms with Crippen molar-refractivity contribution in [2.24, 2.45) is 14.1 Å². The molecule has 0 radical (unpaired) electrons. The van der Waals surface area contributed by atoms with Gasteiger partial charge >= 0.3 is 5.69 Å². The average molecular weight is 558 g/mol. The zero-order chi connectivity index (χ0) is 28.8. The van der Waals surface area contributed by atoms with E-state index in [1.165, 1.54) is 16.5 Å². The molecule has 2 aliphatic rings. The number of aromatic nitrogens is 4. The Morgan fingerprint density at radius 2 is 1.63 bits per heavy atom. The molecule has 12 heteroatoms. The van der Waals surface area contributed by atoms with E-state index in [4.69, 9.17) is 9.72 Å². The first kappa shape index (κ1) is 26.5. The Morgan fingerprint density at radius 3 is 2.34 bits per heavy atom. The van der Waals surface area contributed by atoms with Crippen LogP contribution < -0.4 is 25.8 Å². The van der Waals surface area contributed by atoms with Crippen LogP contribution in [0.4, 0.5) is 11.6 Å². The van der Waals surface area contributed by atoms with Crippen LogP contribution >= 0.6 is 0 Å². The molecule has 212 valence electrons. The van der Waals surface area contributed by atoms with Gasteiger partial charge in [-0.3, -0.25) is 33.0 Å². The predicted octanol–water partition coefficient (Wildman–Crippen LogP) is 0.945. The quantitative estimate of drug-likeness (QED) is 0.322. The Morgan fingerprint density at radius 1 is 0.902 bits per heavy atom. The van der Waals surface area contributed by atoms with Crippen LogP contribution in [0.3, 0.4) is 0 Å². The van der Waals surface area contributed by atoms with Gasteiger partial charge in [0.25, 0.3) is 11.5 Å². The molecule has 12 nitrogen and oxygen atoms in total. The number of ether oxygens (including phenoxy) is 1. The summed E-state index contributed by atoms with van der Waals surface area (Å²) in [6.07, 6.45) is 0.112. The van der Waals surface area contributed by atoms with Crippen molar-refractivity contribution in [1.82, 2.24) is 23.6 Å². The summed E-state index contributed by atoms with van der Waals surface area (Å²) in [6, 6.07) is 16.2. The number of imide groups is 1. The second-order valence-corrected chi connectivity index (χ2v) is 10.4. The highest BCUT2D eigenvalue weighted by molar-refractivity contribution is 6.22. The van der Waals surface area contributed by atoms with Crippen LogP contribution in [0, 0.1) is 0 Å². The van der Waals surface area contributed by atoms with E-state index in [9.17, 15) is 19.2 Å². The van der Waals surface area contributed by atoms with E-state index >= 15 is 0 Å². The van der Waals surface area contributed by atoms with Gasteiger partial charge < -0.3 is 9.64 Å². The highest BCUT2D eigenvalue weighted by Gasteiger charge is 2.43. The molecular formula is C29H31N7O5. The minimum Gasteiger partial charge on any atom is -0.497 e. The summed E-state index contributed by atoms with van der Waals surface area (Å²) >= 11 is 0. The molecule has 0 N–H and O–H groups in total. The van der Waals surface area contributed by atoms with Gasteiger partial charge in [-0.15, -0.1) is 0 Å². The average Bonchev–Trinajstić information content (AvgIpc) is 3.52. The lowest BCUT2D eigenvalue weighted by atomic mass is 10.1. The third kappa shape index (κ3) is 4.49. The molecule has 4 aromatic rings. The molecule has 0 bridgehead atoms. The monoisotopic (exact) mass is 557 g/mol. The van der Waals surface area contributed by atoms with E-state index in [0.717, 1.165) is 10.1 Å². The summed E-state index contributed by atoms with van der Waals surface area (Å²) in [5, 5.41) is 0. The highest BCUT2D eigenvalue weighted by Crippen LogP contribution is 2.30. The molecule has 6 rings (SSSR count). The largest absolute Gasteiger partial charge is 0.497 e.